The molecule has 3 aromatic carbocycles. The number of rotatable bonds is 8. The molecule has 40 heavy (non-hydrogen) atoms. The smallest absolute Gasteiger partial charge is 0.338 e. The zero-order chi connectivity index (χ0) is 28.2. The van der Waals surface area contributed by atoms with E-state index in [0.717, 1.165) is 16.7 Å². The Bertz CT molecular complexity index is 1760. The molecule has 0 aliphatic carbocycles. The Hall–Kier alpha value is -4.50. The number of ether oxygens (including phenoxy) is 3. The second-order valence-corrected chi connectivity index (χ2v) is 10.0. The van der Waals surface area contributed by atoms with Crippen molar-refractivity contribution in [3.8, 4) is 11.5 Å². The molecule has 0 bridgehead atoms. The van der Waals surface area contributed by atoms with Crippen LogP contribution in [-0.2, 0) is 16.1 Å². The van der Waals surface area contributed by atoms with Crippen LogP contribution in [0.25, 0.3) is 6.08 Å². The summed E-state index contributed by atoms with van der Waals surface area (Å²) < 4.78 is 32.0. The van der Waals surface area contributed by atoms with Crippen LogP contribution in [0.1, 0.15) is 36.6 Å². The number of carbonyl (C=O) groups excluding carboxylic acids is 1. The molecule has 0 saturated carbocycles. The summed E-state index contributed by atoms with van der Waals surface area (Å²) in [5.74, 6) is 0.228. The molecule has 9 heteroatoms. The lowest BCUT2D eigenvalue weighted by atomic mass is 9.96. The van der Waals surface area contributed by atoms with E-state index in [9.17, 15) is 14.0 Å². The van der Waals surface area contributed by atoms with Gasteiger partial charge in [-0.2, -0.15) is 0 Å². The number of hydrogen-bond acceptors (Lipinski definition) is 7. The maximum atomic E-state index is 13.8. The number of nitrogens with zero attached hydrogens (tertiary/aromatic N) is 2. The first-order valence-corrected chi connectivity index (χ1v) is 13.5. The quantitative estimate of drug-likeness (QED) is 0.297. The largest absolute Gasteiger partial charge is 0.490 e. The third-order valence-corrected chi connectivity index (χ3v) is 7.40. The summed E-state index contributed by atoms with van der Waals surface area (Å²) in [4.78, 5) is 31.6. The van der Waals surface area contributed by atoms with Gasteiger partial charge in [-0.1, -0.05) is 59.9 Å². The molecule has 204 valence electrons. The third kappa shape index (κ3) is 5.46. The maximum Gasteiger partial charge on any atom is 0.338 e. The molecule has 1 aromatic heterocycles. The Morgan fingerprint density at radius 3 is 2.50 bits per heavy atom. The van der Waals surface area contributed by atoms with Gasteiger partial charge in [0.15, 0.2) is 16.3 Å². The molecule has 1 aliphatic heterocycles. The zero-order valence-electron chi connectivity index (χ0n) is 22.2. The van der Waals surface area contributed by atoms with Gasteiger partial charge in [-0.3, -0.25) is 9.36 Å². The minimum atomic E-state index is -0.659. The number of allylic oxidation sites excluding steroid dienone is 1. The fourth-order valence-corrected chi connectivity index (χ4v) is 5.59. The molecule has 5 rings (SSSR count). The Morgan fingerprint density at radius 2 is 1.80 bits per heavy atom. The molecule has 0 saturated heterocycles. The van der Waals surface area contributed by atoms with Gasteiger partial charge in [0.05, 0.1) is 35.6 Å². The van der Waals surface area contributed by atoms with Crippen molar-refractivity contribution in [2.45, 2.75) is 26.5 Å². The minimum absolute atomic E-state index is 0.250. The first-order chi connectivity index (χ1) is 19.4. The van der Waals surface area contributed by atoms with Gasteiger partial charge in [0, 0.05) is 0 Å². The number of carbonyl (C=O) groups is 1. The predicted octanol–water partition coefficient (Wildman–Crippen LogP) is 4.53. The van der Waals surface area contributed by atoms with E-state index in [-0.39, 0.29) is 18.0 Å². The second kappa shape index (κ2) is 11.7. The molecule has 1 unspecified atom stereocenters. The first kappa shape index (κ1) is 27.1. The van der Waals surface area contributed by atoms with Gasteiger partial charge in [-0.25, -0.2) is 14.2 Å². The molecule has 0 fully saturated rings. The van der Waals surface area contributed by atoms with E-state index in [2.05, 4.69) is 4.99 Å². The number of aromatic nitrogens is 1. The SMILES string of the molecule is CCOc1cc(C=c2sc3n(c2=O)C(c2ccccc2)C(C(=O)OC)=C(C)N=3)ccc1OCc1ccc(F)cc1. The Kier molecular flexibility index (Phi) is 7.93. The van der Waals surface area contributed by atoms with Crippen LogP contribution in [0.4, 0.5) is 4.39 Å². The maximum absolute atomic E-state index is 13.8. The van der Waals surface area contributed by atoms with Gasteiger partial charge in [-0.05, 0) is 60.9 Å². The van der Waals surface area contributed by atoms with Gasteiger partial charge in [0.25, 0.3) is 5.56 Å². The summed E-state index contributed by atoms with van der Waals surface area (Å²) in [6.45, 7) is 4.29. The number of thiazole rings is 1. The van der Waals surface area contributed by atoms with Crippen molar-refractivity contribution >= 4 is 23.4 Å². The first-order valence-electron chi connectivity index (χ1n) is 12.7. The van der Waals surface area contributed by atoms with E-state index in [1.807, 2.05) is 49.4 Å². The summed E-state index contributed by atoms with van der Waals surface area (Å²) in [7, 11) is 1.32. The van der Waals surface area contributed by atoms with Gasteiger partial charge < -0.3 is 14.2 Å². The summed E-state index contributed by atoms with van der Waals surface area (Å²) in [6, 6.07) is 20.2. The third-order valence-electron chi connectivity index (χ3n) is 6.42. The molecule has 0 amide bonds. The lowest BCUT2D eigenvalue weighted by molar-refractivity contribution is -0.136. The van der Waals surface area contributed by atoms with Crippen LogP contribution in [0.2, 0.25) is 0 Å². The summed E-state index contributed by atoms with van der Waals surface area (Å²) >= 11 is 1.25. The second-order valence-electron chi connectivity index (χ2n) is 9.04. The van der Waals surface area contributed by atoms with Crippen molar-refractivity contribution in [2.75, 3.05) is 13.7 Å². The molecule has 7 nitrogen and oxygen atoms in total. The van der Waals surface area contributed by atoms with Crippen LogP contribution in [0.15, 0.2) is 93.9 Å². The fraction of sp³-hybridized carbons (Fsp3) is 0.194. The number of halogens is 1. The lowest BCUT2D eigenvalue weighted by Crippen LogP contribution is -2.39. The van der Waals surface area contributed by atoms with Crippen molar-refractivity contribution in [1.29, 1.82) is 0 Å². The Morgan fingerprint density at radius 1 is 1.05 bits per heavy atom. The number of hydrogen-bond donors (Lipinski definition) is 0. The summed E-state index contributed by atoms with van der Waals surface area (Å²) in [6.07, 6.45) is 1.77. The summed E-state index contributed by atoms with van der Waals surface area (Å²) in [5.41, 5.74) is 2.92. The highest BCUT2D eigenvalue weighted by molar-refractivity contribution is 7.07. The fourth-order valence-electron chi connectivity index (χ4n) is 4.54. The van der Waals surface area contributed by atoms with E-state index < -0.39 is 12.0 Å². The number of methoxy groups -OCH3 is 1. The molecule has 2 heterocycles. The minimum Gasteiger partial charge on any atom is -0.490 e. The monoisotopic (exact) mass is 558 g/mol. The predicted molar refractivity (Wildman–Crippen MR) is 151 cm³/mol. The van der Waals surface area contributed by atoms with E-state index in [4.69, 9.17) is 14.2 Å². The van der Waals surface area contributed by atoms with Crippen LogP contribution < -0.4 is 24.4 Å². The number of fused-ring (bicyclic) bond motifs is 1. The molecule has 1 atom stereocenters. The van der Waals surface area contributed by atoms with Crippen molar-refractivity contribution < 1.29 is 23.4 Å². The average molecular weight is 559 g/mol. The van der Waals surface area contributed by atoms with Gasteiger partial charge >= 0.3 is 5.97 Å². The van der Waals surface area contributed by atoms with Crippen molar-refractivity contribution in [3.05, 3.63) is 126 Å². The molecular formula is C31H27FN2O5S. The molecule has 0 N–H and O–H groups in total. The average Bonchev–Trinajstić information content (AvgIpc) is 3.26. The standard InChI is InChI=1S/C31H27FN2O5S/c1-4-38-25-16-21(12-15-24(25)39-18-20-10-13-23(32)14-11-20)17-26-29(35)34-28(22-8-6-5-7-9-22)27(30(36)37-3)19(2)33-31(34)40-26/h5-17,28H,4,18H2,1-3H3. The highest BCUT2D eigenvalue weighted by Gasteiger charge is 2.32. The highest BCUT2D eigenvalue weighted by atomic mass is 32.1. The Balaban J connectivity index is 1.54. The van der Waals surface area contributed by atoms with E-state index in [0.29, 0.717) is 38.7 Å². The van der Waals surface area contributed by atoms with Gasteiger partial charge in [0.2, 0.25) is 0 Å². The molecule has 4 aromatic rings. The van der Waals surface area contributed by atoms with Crippen LogP contribution >= 0.6 is 11.3 Å². The van der Waals surface area contributed by atoms with Crippen molar-refractivity contribution in [1.82, 2.24) is 4.57 Å². The Labute approximate surface area is 234 Å². The van der Waals surface area contributed by atoms with Crippen molar-refractivity contribution in [3.63, 3.8) is 0 Å². The molecule has 0 radical (unpaired) electrons. The van der Waals surface area contributed by atoms with Crippen LogP contribution in [0, 0.1) is 5.82 Å². The molecule has 0 spiro atoms. The highest BCUT2D eigenvalue weighted by Crippen LogP contribution is 2.31. The normalized spacial score (nSPS) is 14.9. The lowest BCUT2D eigenvalue weighted by Gasteiger charge is -2.24. The number of benzene rings is 3. The van der Waals surface area contributed by atoms with Crippen molar-refractivity contribution in [2.24, 2.45) is 4.99 Å². The topological polar surface area (TPSA) is 79.1 Å². The van der Waals surface area contributed by atoms with Gasteiger partial charge in [0.1, 0.15) is 12.4 Å². The van der Waals surface area contributed by atoms with E-state index in [1.165, 1.54) is 30.6 Å². The molecular weight excluding hydrogens is 531 g/mol. The van der Waals surface area contributed by atoms with E-state index in [1.54, 1.807) is 35.8 Å². The summed E-state index contributed by atoms with van der Waals surface area (Å²) in [5, 5.41) is 0. The van der Waals surface area contributed by atoms with Crippen LogP contribution in [-0.4, -0.2) is 24.3 Å². The van der Waals surface area contributed by atoms with E-state index >= 15 is 0 Å². The van der Waals surface area contributed by atoms with Gasteiger partial charge in [-0.15, -0.1) is 0 Å². The van der Waals surface area contributed by atoms with Crippen LogP contribution in [0.5, 0.6) is 11.5 Å². The number of esters is 1. The van der Waals surface area contributed by atoms with Crippen LogP contribution in [0.3, 0.4) is 0 Å². The zero-order valence-corrected chi connectivity index (χ0v) is 23.0. The molecule has 1 aliphatic rings.